The fraction of sp³-hybridized carbons (Fsp3) is 0.435. The Bertz CT molecular complexity index is 826. The lowest BCUT2D eigenvalue weighted by molar-refractivity contribution is 0.0368. The highest BCUT2D eigenvalue weighted by atomic mass is 35.5. The number of anilines is 1. The van der Waals surface area contributed by atoms with Gasteiger partial charge >= 0.3 is 0 Å². The molecule has 2 aromatic rings. The Morgan fingerprint density at radius 3 is 2.60 bits per heavy atom. The highest BCUT2D eigenvalue weighted by Gasteiger charge is 2.14. The number of hydrogen-bond donors (Lipinski definition) is 1. The minimum absolute atomic E-state index is 0.722. The number of benzene rings is 2. The molecule has 1 fully saturated rings. The molecule has 162 valence electrons. The number of halogens is 1. The summed E-state index contributed by atoms with van der Waals surface area (Å²) in [5.74, 6) is 0.840. The van der Waals surface area contributed by atoms with Gasteiger partial charge in [-0.15, -0.1) is 0 Å². The highest BCUT2D eigenvalue weighted by molar-refractivity contribution is 7.80. The number of aryl methyl sites for hydroxylation is 1. The average molecular weight is 448 g/mol. The van der Waals surface area contributed by atoms with Crippen molar-refractivity contribution in [3.63, 3.8) is 0 Å². The van der Waals surface area contributed by atoms with Crippen LogP contribution in [0.3, 0.4) is 0 Å². The molecule has 1 N–H and O–H groups in total. The fourth-order valence-corrected chi connectivity index (χ4v) is 3.86. The number of nitrogens with zero attached hydrogens (tertiary/aromatic N) is 2. The van der Waals surface area contributed by atoms with Gasteiger partial charge in [-0.1, -0.05) is 23.7 Å². The van der Waals surface area contributed by atoms with E-state index in [1.165, 1.54) is 5.56 Å². The van der Waals surface area contributed by atoms with E-state index in [1.54, 1.807) is 7.11 Å². The van der Waals surface area contributed by atoms with Crippen LogP contribution in [0.5, 0.6) is 5.75 Å². The first-order chi connectivity index (χ1) is 14.5. The third-order valence-electron chi connectivity index (χ3n) is 5.26. The molecule has 1 heterocycles. The van der Waals surface area contributed by atoms with E-state index in [9.17, 15) is 0 Å². The molecule has 3 rings (SSSR count). The van der Waals surface area contributed by atoms with E-state index in [4.69, 9.17) is 33.3 Å². The van der Waals surface area contributed by atoms with Crippen LogP contribution < -0.4 is 10.1 Å². The smallest absolute Gasteiger partial charge is 0.173 e. The molecule has 0 saturated carbocycles. The summed E-state index contributed by atoms with van der Waals surface area (Å²) in [6.07, 6.45) is 1.04. The standard InChI is InChI=1S/C23H30ClN3O2S/c1-18-16-21(28-2)8-9-22(18)25-23(30)27(17-19-4-6-20(24)7-5-19)11-3-10-26-12-14-29-15-13-26/h4-9,16H,3,10-15,17H2,1-2H3,(H,25,30). The van der Waals surface area contributed by atoms with E-state index in [-0.39, 0.29) is 0 Å². The van der Waals surface area contributed by atoms with Crippen LogP contribution in [-0.2, 0) is 11.3 Å². The first-order valence-electron chi connectivity index (χ1n) is 10.3. The van der Waals surface area contributed by atoms with E-state index in [1.807, 2.05) is 30.3 Å². The maximum Gasteiger partial charge on any atom is 0.173 e. The minimum Gasteiger partial charge on any atom is -0.497 e. The van der Waals surface area contributed by atoms with Crippen molar-refractivity contribution in [2.45, 2.75) is 19.9 Å². The summed E-state index contributed by atoms with van der Waals surface area (Å²) in [6, 6.07) is 13.9. The molecule has 0 atom stereocenters. The van der Waals surface area contributed by atoms with Crippen LogP contribution in [0.2, 0.25) is 5.02 Å². The molecule has 2 aromatic carbocycles. The van der Waals surface area contributed by atoms with Crippen LogP contribution in [0.15, 0.2) is 42.5 Å². The van der Waals surface area contributed by atoms with Crippen molar-refractivity contribution in [1.82, 2.24) is 9.80 Å². The molecule has 0 aromatic heterocycles. The molecule has 0 amide bonds. The predicted molar refractivity (Wildman–Crippen MR) is 128 cm³/mol. The van der Waals surface area contributed by atoms with Crippen molar-refractivity contribution in [3.05, 3.63) is 58.6 Å². The van der Waals surface area contributed by atoms with Crippen LogP contribution in [0.25, 0.3) is 0 Å². The summed E-state index contributed by atoms with van der Waals surface area (Å²) < 4.78 is 10.8. The van der Waals surface area contributed by atoms with Crippen LogP contribution in [0, 0.1) is 6.92 Å². The SMILES string of the molecule is COc1ccc(NC(=S)N(CCCN2CCOCC2)Cc2ccc(Cl)cc2)c(C)c1. The molecular formula is C23H30ClN3O2S. The Morgan fingerprint density at radius 1 is 1.20 bits per heavy atom. The summed E-state index contributed by atoms with van der Waals surface area (Å²) in [4.78, 5) is 4.68. The van der Waals surface area contributed by atoms with Gasteiger partial charge in [-0.2, -0.15) is 0 Å². The normalized spacial score (nSPS) is 14.4. The van der Waals surface area contributed by atoms with Gasteiger partial charge in [-0.05, 0) is 67.0 Å². The molecular weight excluding hydrogens is 418 g/mol. The van der Waals surface area contributed by atoms with Gasteiger partial charge in [0.2, 0.25) is 0 Å². The fourth-order valence-electron chi connectivity index (χ4n) is 3.47. The summed E-state index contributed by atoms with van der Waals surface area (Å²) in [5, 5.41) is 4.89. The molecule has 1 aliphatic rings. The molecule has 0 unspecified atom stereocenters. The lowest BCUT2D eigenvalue weighted by Crippen LogP contribution is -2.40. The topological polar surface area (TPSA) is 37.0 Å². The van der Waals surface area contributed by atoms with Crippen molar-refractivity contribution >= 4 is 34.6 Å². The number of ether oxygens (including phenoxy) is 2. The van der Waals surface area contributed by atoms with Crippen LogP contribution in [0.1, 0.15) is 17.5 Å². The van der Waals surface area contributed by atoms with Crippen LogP contribution in [-0.4, -0.2) is 61.4 Å². The second kappa shape index (κ2) is 11.5. The van der Waals surface area contributed by atoms with Crippen molar-refractivity contribution in [3.8, 4) is 5.75 Å². The number of hydrogen-bond acceptors (Lipinski definition) is 4. The molecule has 1 saturated heterocycles. The van der Waals surface area contributed by atoms with Gasteiger partial charge in [0.05, 0.1) is 20.3 Å². The second-order valence-corrected chi connectivity index (χ2v) is 8.29. The lowest BCUT2D eigenvalue weighted by atomic mass is 10.2. The zero-order valence-electron chi connectivity index (χ0n) is 17.7. The number of nitrogens with one attached hydrogen (secondary N) is 1. The van der Waals surface area contributed by atoms with Crippen molar-refractivity contribution in [2.24, 2.45) is 0 Å². The van der Waals surface area contributed by atoms with Crippen molar-refractivity contribution in [2.75, 3.05) is 51.8 Å². The molecule has 0 radical (unpaired) electrons. The summed E-state index contributed by atoms with van der Waals surface area (Å²) in [7, 11) is 1.68. The number of thiocarbonyl (C=S) groups is 1. The molecule has 5 nitrogen and oxygen atoms in total. The molecule has 1 aliphatic heterocycles. The predicted octanol–water partition coefficient (Wildman–Crippen LogP) is 4.58. The Balaban J connectivity index is 1.65. The highest BCUT2D eigenvalue weighted by Crippen LogP contribution is 2.22. The zero-order valence-corrected chi connectivity index (χ0v) is 19.3. The van der Waals surface area contributed by atoms with Crippen molar-refractivity contribution in [1.29, 1.82) is 0 Å². The zero-order chi connectivity index (χ0) is 21.3. The largest absolute Gasteiger partial charge is 0.497 e. The van der Waals surface area contributed by atoms with Crippen LogP contribution >= 0.6 is 23.8 Å². The molecule has 0 spiro atoms. The van der Waals surface area contributed by atoms with E-state index in [2.05, 4.69) is 34.2 Å². The Morgan fingerprint density at radius 2 is 1.93 bits per heavy atom. The van der Waals surface area contributed by atoms with Gasteiger partial charge in [-0.25, -0.2) is 0 Å². The van der Waals surface area contributed by atoms with E-state index < -0.39 is 0 Å². The Hall–Kier alpha value is -1.86. The van der Waals surface area contributed by atoms with Gasteiger partial charge in [-0.3, -0.25) is 4.90 Å². The number of rotatable bonds is 8. The lowest BCUT2D eigenvalue weighted by Gasteiger charge is -2.30. The quantitative estimate of drug-likeness (QED) is 0.597. The summed E-state index contributed by atoms with van der Waals surface area (Å²) in [6.45, 7) is 8.37. The first-order valence-corrected chi connectivity index (χ1v) is 11.1. The first kappa shape index (κ1) is 22.8. The molecule has 0 aliphatic carbocycles. The van der Waals surface area contributed by atoms with Crippen LogP contribution in [0.4, 0.5) is 5.69 Å². The maximum atomic E-state index is 6.05. The minimum atomic E-state index is 0.722. The van der Waals surface area contributed by atoms with Crippen molar-refractivity contribution < 1.29 is 9.47 Å². The summed E-state index contributed by atoms with van der Waals surface area (Å²) >= 11 is 11.8. The van der Waals surface area contributed by atoms with Gasteiger partial charge < -0.3 is 19.7 Å². The Labute approximate surface area is 189 Å². The van der Waals surface area contributed by atoms with Gasteiger partial charge in [0.25, 0.3) is 0 Å². The van der Waals surface area contributed by atoms with Gasteiger partial charge in [0.1, 0.15) is 5.75 Å². The number of morpholine rings is 1. The monoisotopic (exact) mass is 447 g/mol. The number of methoxy groups -OCH3 is 1. The molecule has 30 heavy (non-hydrogen) atoms. The third kappa shape index (κ3) is 6.84. The van der Waals surface area contributed by atoms with Gasteiger partial charge in [0, 0.05) is 43.4 Å². The van der Waals surface area contributed by atoms with E-state index in [0.717, 1.165) is 79.5 Å². The average Bonchev–Trinajstić information content (AvgIpc) is 2.76. The van der Waals surface area contributed by atoms with Gasteiger partial charge in [0.15, 0.2) is 5.11 Å². The molecule has 0 bridgehead atoms. The Kier molecular flexibility index (Phi) is 8.75. The maximum absolute atomic E-state index is 6.05. The summed E-state index contributed by atoms with van der Waals surface area (Å²) in [5.41, 5.74) is 3.27. The molecule has 7 heteroatoms. The van der Waals surface area contributed by atoms with E-state index in [0.29, 0.717) is 0 Å². The van der Waals surface area contributed by atoms with E-state index >= 15 is 0 Å². The third-order valence-corrected chi connectivity index (χ3v) is 5.87. The second-order valence-electron chi connectivity index (χ2n) is 7.47.